The Balaban J connectivity index is 2.28. The lowest BCUT2D eigenvalue weighted by atomic mass is 9.95. The van der Waals surface area contributed by atoms with E-state index < -0.39 is 5.97 Å². The summed E-state index contributed by atoms with van der Waals surface area (Å²) >= 11 is 0. The smallest absolute Gasteiger partial charge is 0.303 e. The number of unbranched alkanes of at least 4 members (excludes halogenated alkanes) is 5. The number of carboxylic acid groups (broad SMARTS) is 1. The molecule has 1 atom stereocenters. The molecular formula is C22H32NO3. The summed E-state index contributed by atoms with van der Waals surface area (Å²) in [6, 6.07) is 6.06. The Morgan fingerprint density at radius 2 is 1.92 bits per heavy atom. The first kappa shape index (κ1) is 20.3. The van der Waals surface area contributed by atoms with E-state index in [2.05, 4.69) is 31.4 Å². The molecule has 0 aliphatic rings. The lowest BCUT2D eigenvalue weighted by Crippen LogP contribution is -2.06. The Labute approximate surface area is 157 Å². The number of aliphatic carboxylic acids is 1. The van der Waals surface area contributed by atoms with Crippen LogP contribution in [0, 0.1) is 13.8 Å². The van der Waals surface area contributed by atoms with E-state index in [1.54, 1.807) is 7.11 Å². The number of aromatic nitrogens is 1. The second-order valence-corrected chi connectivity index (χ2v) is 7.10. The minimum Gasteiger partial charge on any atom is -0.497 e. The Kier molecular flexibility index (Phi) is 7.55. The maximum Gasteiger partial charge on any atom is 0.303 e. The Bertz CT molecular complexity index is 733. The van der Waals surface area contributed by atoms with Crippen LogP contribution < -0.4 is 4.74 Å². The molecule has 1 N–H and O–H groups in total. The molecule has 4 nitrogen and oxygen atoms in total. The van der Waals surface area contributed by atoms with Gasteiger partial charge in [0.15, 0.2) is 0 Å². The summed E-state index contributed by atoms with van der Waals surface area (Å²) in [6.07, 6.45) is 7.57. The molecule has 2 aromatic rings. The van der Waals surface area contributed by atoms with Crippen LogP contribution in [0.4, 0.5) is 0 Å². The molecular weight excluding hydrogens is 326 g/mol. The van der Waals surface area contributed by atoms with Gasteiger partial charge in [-0.15, -0.1) is 0 Å². The number of fused-ring (bicyclic) bond motifs is 1. The highest BCUT2D eigenvalue weighted by Crippen LogP contribution is 2.35. The van der Waals surface area contributed by atoms with Gasteiger partial charge in [0.2, 0.25) is 0 Å². The van der Waals surface area contributed by atoms with Gasteiger partial charge in [-0.3, -0.25) is 4.79 Å². The van der Waals surface area contributed by atoms with Crippen LogP contribution in [0.15, 0.2) is 18.2 Å². The lowest BCUT2D eigenvalue weighted by Gasteiger charge is -2.12. The van der Waals surface area contributed by atoms with E-state index in [0.717, 1.165) is 40.9 Å². The third-order valence-electron chi connectivity index (χ3n) is 5.14. The molecule has 0 fully saturated rings. The molecule has 26 heavy (non-hydrogen) atoms. The van der Waals surface area contributed by atoms with Crippen LogP contribution in [0.25, 0.3) is 10.9 Å². The summed E-state index contributed by atoms with van der Waals surface area (Å²) in [5.74, 6) is -0.296. The van der Waals surface area contributed by atoms with Crippen molar-refractivity contribution in [2.45, 2.75) is 71.3 Å². The van der Waals surface area contributed by atoms with Gasteiger partial charge in [0, 0.05) is 23.1 Å². The maximum atomic E-state index is 11.2. The van der Waals surface area contributed by atoms with E-state index >= 15 is 0 Å². The number of benzene rings is 1. The predicted molar refractivity (Wildman–Crippen MR) is 107 cm³/mol. The molecule has 0 aliphatic carbocycles. The zero-order valence-corrected chi connectivity index (χ0v) is 16.4. The number of carbonyl (C=O) groups is 1. The van der Waals surface area contributed by atoms with Crippen LogP contribution in [-0.2, 0) is 11.3 Å². The average Bonchev–Trinajstić information content (AvgIpc) is 2.88. The van der Waals surface area contributed by atoms with Gasteiger partial charge in [-0.1, -0.05) is 39.0 Å². The summed E-state index contributed by atoms with van der Waals surface area (Å²) in [5.41, 5.74) is 3.31. The predicted octanol–water partition coefficient (Wildman–Crippen LogP) is 5.71. The fourth-order valence-corrected chi connectivity index (χ4v) is 3.78. The fourth-order valence-electron chi connectivity index (χ4n) is 3.78. The van der Waals surface area contributed by atoms with Crippen molar-refractivity contribution in [3.8, 4) is 5.75 Å². The Morgan fingerprint density at radius 3 is 2.58 bits per heavy atom. The fraction of sp³-hybridized carbons (Fsp3) is 0.545. The highest BCUT2D eigenvalue weighted by molar-refractivity contribution is 5.88. The zero-order valence-electron chi connectivity index (χ0n) is 16.4. The zero-order chi connectivity index (χ0) is 19.1. The van der Waals surface area contributed by atoms with Crippen LogP contribution in [0.5, 0.6) is 5.75 Å². The monoisotopic (exact) mass is 358 g/mol. The lowest BCUT2D eigenvalue weighted by molar-refractivity contribution is -0.137. The van der Waals surface area contributed by atoms with E-state index in [9.17, 15) is 9.90 Å². The molecule has 1 aromatic carbocycles. The third kappa shape index (κ3) is 4.80. The minimum atomic E-state index is -0.816. The normalized spacial score (nSPS) is 12.5. The van der Waals surface area contributed by atoms with Crippen molar-refractivity contribution in [1.82, 2.24) is 4.57 Å². The molecule has 1 heterocycles. The highest BCUT2D eigenvalue weighted by atomic mass is 16.5. The standard InChI is InChI=1S/C22H32NO3/c1-5-6-7-8-9-10-13-23-17(3)22(16(2)14-21(24)25)19-15-18(26-4)11-12-20(19)23/h11-12,15-16H,2,5-10,13-14H2,1,3-4H3,(H,24,25). The van der Waals surface area contributed by atoms with Gasteiger partial charge in [-0.05, 0) is 49.9 Å². The first-order valence-electron chi connectivity index (χ1n) is 9.71. The van der Waals surface area contributed by atoms with Gasteiger partial charge in [0.1, 0.15) is 5.75 Å². The molecule has 0 spiro atoms. The molecule has 0 bridgehead atoms. The third-order valence-corrected chi connectivity index (χ3v) is 5.14. The van der Waals surface area contributed by atoms with Crippen molar-refractivity contribution in [2.75, 3.05) is 7.11 Å². The molecule has 1 radical (unpaired) electrons. The van der Waals surface area contributed by atoms with E-state index in [4.69, 9.17) is 4.74 Å². The maximum absolute atomic E-state index is 11.2. The molecule has 4 heteroatoms. The number of carboxylic acids is 1. The number of ether oxygens (including phenoxy) is 1. The van der Waals surface area contributed by atoms with E-state index in [1.165, 1.54) is 32.1 Å². The molecule has 143 valence electrons. The van der Waals surface area contributed by atoms with Gasteiger partial charge in [0.25, 0.3) is 0 Å². The summed E-state index contributed by atoms with van der Waals surface area (Å²) in [4.78, 5) is 11.2. The van der Waals surface area contributed by atoms with Crippen LogP contribution in [0.3, 0.4) is 0 Å². The molecule has 0 saturated carbocycles. The van der Waals surface area contributed by atoms with Gasteiger partial charge in [-0.2, -0.15) is 0 Å². The van der Waals surface area contributed by atoms with Crippen molar-refractivity contribution >= 4 is 16.9 Å². The largest absolute Gasteiger partial charge is 0.497 e. The van der Waals surface area contributed by atoms with E-state index in [1.807, 2.05) is 12.1 Å². The molecule has 1 aromatic heterocycles. The number of hydrogen-bond donors (Lipinski definition) is 1. The van der Waals surface area contributed by atoms with Gasteiger partial charge >= 0.3 is 5.97 Å². The Hall–Kier alpha value is -1.97. The molecule has 0 aliphatic heterocycles. The van der Waals surface area contributed by atoms with E-state index in [0.29, 0.717) is 0 Å². The number of hydrogen-bond acceptors (Lipinski definition) is 2. The van der Waals surface area contributed by atoms with Crippen LogP contribution in [-0.4, -0.2) is 22.8 Å². The second-order valence-electron chi connectivity index (χ2n) is 7.10. The van der Waals surface area contributed by atoms with Gasteiger partial charge < -0.3 is 14.4 Å². The minimum absolute atomic E-state index is 0.0359. The summed E-state index contributed by atoms with van der Waals surface area (Å²) in [5, 5.41) is 10.3. The van der Waals surface area contributed by atoms with Gasteiger partial charge in [0.05, 0.1) is 13.5 Å². The van der Waals surface area contributed by atoms with Crippen molar-refractivity contribution in [3.05, 3.63) is 36.4 Å². The number of aryl methyl sites for hydroxylation is 1. The second kappa shape index (κ2) is 9.65. The topological polar surface area (TPSA) is 51.5 Å². The van der Waals surface area contributed by atoms with Crippen LogP contribution in [0.1, 0.15) is 69.0 Å². The number of nitrogens with zero attached hydrogens (tertiary/aromatic N) is 1. The first-order chi connectivity index (χ1) is 12.5. The van der Waals surface area contributed by atoms with E-state index in [-0.39, 0.29) is 12.3 Å². The first-order valence-corrected chi connectivity index (χ1v) is 9.71. The average molecular weight is 359 g/mol. The SMILES string of the molecule is [CH2]C(CC(=O)O)c1c(C)n(CCCCCCCC)c2ccc(OC)cc12. The quantitative estimate of drug-likeness (QED) is 0.523. The molecule has 1 unspecified atom stereocenters. The summed E-state index contributed by atoms with van der Waals surface area (Å²) in [7, 11) is 1.65. The van der Waals surface area contributed by atoms with Crippen molar-refractivity contribution in [2.24, 2.45) is 0 Å². The summed E-state index contributed by atoms with van der Waals surface area (Å²) < 4.78 is 7.70. The summed E-state index contributed by atoms with van der Waals surface area (Å²) in [6.45, 7) is 9.40. The van der Waals surface area contributed by atoms with Gasteiger partial charge in [-0.25, -0.2) is 0 Å². The molecule has 2 rings (SSSR count). The highest BCUT2D eigenvalue weighted by Gasteiger charge is 2.21. The Morgan fingerprint density at radius 1 is 1.23 bits per heavy atom. The number of methoxy groups -OCH3 is 1. The van der Waals surface area contributed by atoms with Crippen LogP contribution in [0.2, 0.25) is 0 Å². The van der Waals surface area contributed by atoms with Crippen molar-refractivity contribution in [3.63, 3.8) is 0 Å². The molecule has 0 amide bonds. The molecule has 0 saturated heterocycles. The van der Waals surface area contributed by atoms with Crippen molar-refractivity contribution in [1.29, 1.82) is 0 Å². The number of rotatable bonds is 11. The van der Waals surface area contributed by atoms with Crippen LogP contribution >= 0.6 is 0 Å². The van der Waals surface area contributed by atoms with Crippen molar-refractivity contribution < 1.29 is 14.6 Å².